The minimum atomic E-state index is -4.60. The molecule has 0 aliphatic heterocycles. The van der Waals surface area contributed by atoms with Gasteiger partial charge in [-0.15, -0.1) is 4.95 Å². The molecule has 0 fully saturated rings. The number of nitriles is 1. The first-order valence-electron chi connectivity index (χ1n) is 11.3. The van der Waals surface area contributed by atoms with E-state index in [1.54, 1.807) is 30.5 Å². The van der Waals surface area contributed by atoms with Gasteiger partial charge in [0, 0.05) is 22.3 Å². The zero-order chi connectivity index (χ0) is 28.7. The molecular formula is C28H12F6N6. The Balaban J connectivity index is 1.82. The molecule has 0 unspecified atom stereocenters. The van der Waals surface area contributed by atoms with Crippen LogP contribution >= 0.6 is 0 Å². The van der Waals surface area contributed by atoms with Gasteiger partial charge in [0.15, 0.2) is 5.71 Å². The van der Waals surface area contributed by atoms with Crippen molar-refractivity contribution in [2.24, 2.45) is 10.1 Å². The van der Waals surface area contributed by atoms with Crippen molar-refractivity contribution in [3.8, 4) is 28.7 Å². The first kappa shape index (κ1) is 26.3. The lowest BCUT2D eigenvalue weighted by atomic mass is 9.87. The lowest BCUT2D eigenvalue weighted by molar-refractivity contribution is -0.138. The second-order valence-electron chi connectivity index (χ2n) is 8.42. The summed E-state index contributed by atoms with van der Waals surface area (Å²) in [6, 6.07) is 14.7. The Morgan fingerprint density at radius 2 is 1.07 bits per heavy atom. The molecule has 0 spiro atoms. The molecule has 0 saturated carbocycles. The zero-order valence-electron chi connectivity index (χ0n) is 19.9. The number of aromatic nitrogens is 2. The van der Waals surface area contributed by atoms with Gasteiger partial charge in [0.05, 0.1) is 27.6 Å². The van der Waals surface area contributed by atoms with Crippen LogP contribution in [0, 0.1) is 18.0 Å². The number of halogens is 6. The standard InChI is InChI=1S/C28H12F6N6/c1-36-40-24-20-5-3-2-4-19(20)23(37-14-35)25-26(24)39-22(16-8-12-18(13-9-16)28(32,33)34)21(38-25)15-6-10-17(11-7-15)27(29,30)31/h2-13H/b37-23?,40-24+. The maximum Gasteiger partial charge on any atom is 0.416 e. The summed E-state index contributed by atoms with van der Waals surface area (Å²) < 4.78 is 79.3. The molecule has 40 heavy (non-hydrogen) atoms. The molecule has 4 aromatic rings. The predicted octanol–water partition coefficient (Wildman–Crippen LogP) is 7.15. The Kier molecular flexibility index (Phi) is 6.40. The average molecular weight is 546 g/mol. The first-order chi connectivity index (χ1) is 19.0. The van der Waals surface area contributed by atoms with Crippen LogP contribution in [0.1, 0.15) is 33.6 Å². The van der Waals surface area contributed by atoms with E-state index in [2.05, 4.69) is 25.0 Å². The second kappa shape index (κ2) is 9.75. The molecule has 0 radical (unpaired) electrons. The van der Waals surface area contributed by atoms with Gasteiger partial charge < -0.3 is 0 Å². The summed E-state index contributed by atoms with van der Waals surface area (Å²) in [5, 5.41) is 13.3. The average Bonchev–Trinajstić information content (AvgIpc) is 2.93. The number of benzene rings is 3. The van der Waals surface area contributed by atoms with Crippen molar-refractivity contribution in [3.63, 3.8) is 0 Å². The van der Waals surface area contributed by atoms with Gasteiger partial charge in [-0.1, -0.05) is 48.5 Å². The van der Waals surface area contributed by atoms with E-state index in [-0.39, 0.29) is 45.3 Å². The molecular weight excluding hydrogens is 534 g/mol. The lowest BCUT2D eigenvalue weighted by Crippen LogP contribution is -2.25. The van der Waals surface area contributed by atoms with Gasteiger partial charge >= 0.3 is 12.4 Å². The highest BCUT2D eigenvalue weighted by atomic mass is 19.4. The number of hydrogen-bond acceptors (Lipinski definition) is 5. The molecule has 0 N–H and O–H groups in total. The Bertz CT molecular complexity index is 1640. The van der Waals surface area contributed by atoms with E-state index in [0.717, 1.165) is 24.3 Å². The van der Waals surface area contributed by atoms with Crippen molar-refractivity contribution in [1.82, 2.24) is 9.97 Å². The molecule has 12 heteroatoms. The maximum absolute atomic E-state index is 13.2. The maximum atomic E-state index is 13.2. The highest BCUT2D eigenvalue weighted by Gasteiger charge is 2.35. The monoisotopic (exact) mass is 546 g/mol. The normalized spacial score (nSPS) is 14.8. The van der Waals surface area contributed by atoms with E-state index in [9.17, 15) is 31.6 Å². The van der Waals surface area contributed by atoms with Crippen molar-refractivity contribution in [2.75, 3.05) is 0 Å². The SMILES string of the molecule is [C-]#[N+]/N=C1\c2ccccc2C(=NC#N)c2nc(-c3ccc(C(F)(F)F)cc3)c(-c3ccc(C(F)(F)F)cc3)nc21. The number of hydrogen-bond donors (Lipinski definition) is 0. The highest BCUT2D eigenvalue weighted by molar-refractivity contribution is 6.30. The molecule has 0 saturated heterocycles. The first-order valence-corrected chi connectivity index (χ1v) is 11.3. The third-order valence-electron chi connectivity index (χ3n) is 6.06. The molecule has 3 aromatic carbocycles. The summed E-state index contributed by atoms with van der Waals surface area (Å²) in [4.78, 5) is 16.3. The van der Waals surface area contributed by atoms with Crippen LogP contribution in [0.3, 0.4) is 0 Å². The molecule has 0 atom stereocenters. The van der Waals surface area contributed by atoms with Crippen LogP contribution in [-0.2, 0) is 12.4 Å². The Morgan fingerprint density at radius 1 is 0.650 bits per heavy atom. The number of aliphatic imine (C=N–C) groups is 1. The summed E-state index contributed by atoms with van der Waals surface area (Å²) in [5.74, 6) is 0. The highest BCUT2D eigenvalue weighted by Crippen LogP contribution is 2.37. The molecule has 0 amide bonds. The van der Waals surface area contributed by atoms with Crippen molar-refractivity contribution >= 4 is 11.4 Å². The molecule has 0 bridgehead atoms. The van der Waals surface area contributed by atoms with Crippen molar-refractivity contribution in [1.29, 1.82) is 5.26 Å². The third-order valence-corrected chi connectivity index (χ3v) is 6.06. The van der Waals surface area contributed by atoms with Crippen LogP contribution < -0.4 is 0 Å². The molecule has 1 aliphatic rings. The van der Waals surface area contributed by atoms with Gasteiger partial charge in [0.1, 0.15) is 17.1 Å². The molecule has 6 nitrogen and oxygen atoms in total. The summed E-state index contributed by atoms with van der Waals surface area (Å²) in [5.41, 5.74) is -0.300. The van der Waals surface area contributed by atoms with E-state index < -0.39 is 23.5 Å². The minimum Gasteiger partial charge on any atom is -0.241 e. The van der Waals surface area contributed by atoms with Crippen LogP contribution in [0.25, 0.3) is 27.5 Å². The van der Waals surface area contributed by atoms with E-state index in [1.807, 2.05) is 0 Å². The van der Waals surface area contributed by atoms with Crippen LogP contribution in [-0.4, -0.2) is 21.4 Å². The minimum absolute atomic E-state index is 0.0272. The van der Waals surface area contributed by atoms with Gasteiger partial charge in [-0.25, -0.2) is 9.97 Å². The van der Waals surface area contributed by atoms with Gasteiger partial charge in [0.2, 0.25) is 6.19 Å². The topological polar surface area (TPSA) is 78.6 Å². The summed E-state index contributed by atoms with van der Waals surface area (Å²) in [7, 11) is 0. The van der Waals surface area contributed by atoms with Crippen molar-refractivity contribution in [2.45, 2.75) is 12.4 Å². The van der Waals surface area contributed by atoms with Crippen molar-refractivity contribution < 1.29 is 26.3 Å². The van der Waals surface area contributed by atoms with E-state index in [1.165, 1.54) is 24.3 Å². The Labute approximate surface area is 222 Å². The van der Waals surface area contributed by atoms with Gasteiger partial charge in [-0.05, 0) is 24.3 Å². The van der Waals surface area contributed by atoms with E-state index >= 15 is 0 Å². The number of rotatable bonds is 2. The molecule has 1 aliphatic carbocycles. The van der Waals surface area contributed by atoms with Crippen LogP contribution in [0.5, 0.6) is 0 Å². The van der Waals surface area contributed by atoms with Gasteiger partial charge in [-0.2, -0.15) is 43.2 Å². The molecule has 1 aromatic heterocycles. The summed E-state index contributed by atoms with van der Waals surface area (Å²) >= 11 is 0. The van der Waals surface area contributed by atoms with E-state index in [0.29, 0.717) is 11.1 Å². The van der Waals surface area contributed by atoms with Gasteiger partial charge in [0.25, 0.3) is 0 Å². The fraction of sp³-hybridized carbons (Fsp3) is 0.0714. The van der Waals surface area contributed by atoms with Crippen LogP contribution in [0.2, 0.25) is 0 Å². The molecule has 1 heterocycles. The molecule has 196 valence electrons. The zero-order valence-corrected chi connectivity index (χ0v) is 19.9. The summed E-state index contributed by atoms with van der Waals surface area (Å²) in [6.45, 7) is 7.31. The van der Waals surface area contributed by atoms with Crippen LogP contribution in [0.4, 0.5) is 26.3 Å². The Hall–Kier alpha value is -5.36. The third kappa shape index (κ3) is 4.67. The van der Waals surface area contributed by atoms with Crippen LogP contribution in [0.15, 0.2) is 82.9 Å². The predicted molar refractivity (Wildman–Crippen MR) is 133 cm³/mol. The molecule has 5 rings (SSSR count). The Morgan fingerprint density at radius 3 is 1.48 bits per heavy atom. The fourth-order valence-electron chi connectivity index (χ4n) is 4.27. The fourth-order valence-corrected chi connectivity index (χ4v) is 4.27. The second-order valence-corrected chi connectivity index (χ2v) is 8.42. The number of fused-ring (bicyclic) bond motifs is 2. The van der Waals surface area contributed by atoms with Crippen molar-refractivity contribution in [3.05, 3.63) is 118 Å². The van der Waals surface area contributed by atoms with Gasteiger partial charge in [-0.3, -0.25) is 0 Å². The smallest absolute Gasteiger partial charge is 0.241 e. The quantitative estimate of drug-likeness (QED) is 0.102. The lowest BCUT2D eigenvalue weighted by Gasteiger charge is -2.21. The largest absolute Gasteiger partial charge is 0.416 e. The van der Waals surface area contributed by atoms with E-state index in [4.69, 9.17) is 6.57 Å². The number of nitrogens with zero attached hydrogens (tertiary/aromatic N) is 6. The number of alkyl halides is 6. The summed E-state index contributed by atoms with van der Waals surface area (Å²) in [6.07, 6.45) is -7.49.